The molecule has 0 radical (unpaired) electrons. The lowest BCUT2D eigenvalue weighted by Crippen LogP contribution is -2.19. The Kier molecular flexibility index (Phi) is 5.48. The van der Waals surface area contributed by atoms with Crippen LogP contribution >= 0.6 is 0 Å². The van der Waals surface area contributed by atoms with Crippen molar-refractivity contribution in [1.29, 1.82) is 0 Å². The van der Waals surface area contributed by atoms with Crippen LogP contribution in [0.15, 0.2) is 47.8 Å². The Morgan fingerprint density at radius 3 is 2.59 bits per heavy atom. The van der Waals surface area contributed by atoms with Gasteiger partial charge in [-0.3, -0.25) is 9.78 Å². The summed E-state index contributed by atoms with van der Waals surface area (Å²) in [5, 5.41) is 3.91. The number of hydrogen-bond donors (Lipinski definition) is 1. The molecule has 2 rings (SSSR count). The zero-order valence-electron chi connectivity index (χ0n) is 12.4. The highest BCUT2D eigenvalue weighted by Gasteiger charge is 2.07. The fourth-order valence-electron chi connectivity index (χ4n) is 1.84. The number of carbonyl (C=O) groups excluding carboxylic acids is 1. The Morgan fingerprint density at radius 2 is 1.91 bits per heavy atom. The van der Waals surface area contributed by atoms with Crippen LogP contribution in [0.25, 0.3) is 0 Å². The van der Waals surface area contributed by atoms with Crippen molar-refractivity contribution < 1.29 is 14.3 Å². The summed E-state index contributed by atoms with van der Waals surface area (Å²) in [4.78, 5) is 15.8. The minimum atomic E-state index is -0.211. The number of ether oxygens (including phenoxy) is 2. The van der Waals surface area contributed by atoms with Gasteiger partial charge in [0.25, 0.3) is 0 Å². The van der Waals surface area contributed by atoms with E-state index in [2.05, 4.69) is 15.5 Å². The largest absolute Gasteiger partial charge is 0.493 e. The van der Waals surface area contributed by atoms with Crippen molar-refractivity contribution in [3.63, 3.8) is 0 Å². The monoisotopic (exact) mass is 299 g/mol. The van der Waals surface area contributed by atoms with E-state index >= 15 is 0 Å². The zero-order chi connectivity index (χ0) is 15.8. The van der Waals surface area contributed by atoms with Crippen LogP contribution in [0.5, 0.6) is 11.5 Å². The molecule has 0 saturated carbocycles. The molecule has 0 unspecified atom stereocenters. The van der Waals surface area contributed by atoms with E-state index in [0.29, 0.717) is 11.5 Å². The third kappa shape index (κ3) is 4.31. The molecule has 0 atom stereocenters. The molecule has 0 aliphatic carbocycles. The van der Waals surface area contributed by atoms with Gasteiger partial charge in [-0.1, -0.05) is 6.07 Å². The average Bonchev–Trinajstić information content (AvgIpc) is 2.55. The summed E-state index contributed by atoms with van der Waals surface area (Å²) in [6.07, 6.45) is 5.09. The molecule has 0 aliphatic heterocycles. The molecule has 6 nitrogen and oxygen atoms in total. The Bertz CT molecular complexity index is 657. The molecule has 2 aromatic rings. The number of nitrogens with one attached hydrogen (secondary N) is 1. The van der Waals surface area contributed by atoms with Crippen LogP contribution in [0.3, 0.4) is 0 Å². The lowest BCUT2D eigenvalue weighted by atomic mass is 10.1. The fourth-order valence-corrected chi connectivity index (χ4v) is 1.84. The van der Waals surface area contributed by atoms with E-state index in [-0.39, 0.29) is 12.3 Å². The van der Waals surface area contributed by atoms with Crippen molar-refractivity contribution in [1.82, 2.24) is 10.4 Å². The molecule has 0 aliphatic rings. The highest BCUT2D eigenvalue weighted by atomic mass is 16.5. The zero-order valence-corrected chi connectivity index (χ0v) is 12.4. The molecule has 1 N–H and O–H groups in total. The minimum absolute atomic E-state index is 0.202. The Labute approximate surface area is 128 Å². The lowest BCUT2D eigenvalue weighted by Gasteiger charge is -2.09. The van der Waals surface area contributed by atoms with E-state index in [1.165, 1.54) is 0 Å². The maximum absolute atomic E-state index is 11.8. The van der Waals surface area contributed by atoms with Crippen molar-refractivity contribution in [2.24, 2.45) is 5.10 Å². The molecule has 6 heteroatoms. The highest BCUT2D eigenvalue weighted by Crippen LogP contribution is 2.27. The van der Waals surface area contributed by atoms with Crippen LogP contribution in [-0.4, -0.2) is 31.3 Å². The summed E-state index contributed by atoms with van der Waals surface area (Å²) in [5.74, 6) is 1.01. The second kappa shape index (κ2) is 7.78. The second-order valence-electron chi connectivity index (χ2n) is 4.44. The van der Waals surface area contributed by atoms with Crippen LogP contribution in [0, 0.1) is 0 Å². The maximum atomic E-state index is 11.8. The van der Waals surface area contributed by atoms with E-state index in [0.717, 1.165) is 11.1 Å². The Hall–Kier alpha value is -2.89. The third-order valence-corrected chi connectivity index (χ3v) is 2.92. The van der Waals surface area contributed by atoms with Crippen LogP contribution < -0.4 is 14.9 Å². The third-order valence-electron chi connectivity index (χ3n) is 2.92. The van der Waals surface area contributed by atoms with E-state index in [4.69, 9.17) is 9.47 Å². The fraction of sp³-hybridized carbons (Fsp3) is 0.188. The normalized spacial score (nSPS) is 10.5. The maximum Gasteiger partial charge on any atom is 0.244 e. The standard InChI is InChI=1S/C16H17N3O3/c1-21-14-4-3-13(9-15(14)22-2)10-16(20)19-18-11-12-5-7-17-8-6-12/h3-9,11H,10H2,1-2H3,(H,19,20). The predicted octanol–water partition coefficient (Wildman–Crippen LogP) is 1.79. The summed E-state index contributed by atoms with van der Waals surface area (Å²) in [7, 11) is 3.12. The summed E-state index contributed by atoms with van der Waals surface area (Å²) in [5.41, 5.74) is 4.16. The van der Waals surface area contributed by atoms with Crippen molar-refractivity contribution in [2.75, 3.05) is 14.2 Å². The summed E-state index contributed by atoms with van der Waals surface area (Å²) < 4.78 is 10.4. The van der Waals surface area contributed by atoms with Gasteiger partial charge in [-0.05, 0) is 35.4 Å². The Balaban J connectivity index is 1.93. The molecule has 0 spiro atoms. The average molecular weight is 299 g/mol. The van der Waals surface area contributed by atoms with Gasteiger partial charge in [-0.2, -0.15) is 5.10 Å². The molecule has 114 valence electrons. The van der Waals surface area contributed by atoms with Crippen molar-refractivity contribution in [2.45, 2.75) is 6.42 Å². The highest BCUT2D eigenvalue weighted by molar-refractivity contribution is 5.83. The molecule has 1 amide bonds. The second-order valence-corrected chi connectivity index (χ2v) is 4.44. The van der Waals surface area contributed by atoms with Crippen LogP contribution in [0.2, 0.25) is 0 Å². The van der Waals surface area contributed by atoms with Crippen LogP contribution in [-0.2, 0) is 11.2 Å². The molecular formula is C16H17N3O3. The first-order valence-electron chi connectivity index (χ1n) is 6.65. The summed E-state index contributed by atoms with van der Waals surface area (Å²) in [6, 6.07) is 8.94. The van der Waals surface area contributed by atoms with Gasteiger partial charge >= 0.3 is 0 Å². The minimum Gasteiger partial charge on any atom is -0.493 e. The number of rotatable bonds is 6. The molecule has 0 bridgehead atoms. The molecule has 22 heavy (non-hydrogen) atoms. The van der Waals surface area contributed by atoms with Gasteiger partial charge in [-0.15, -0.1) is 0 Å². The molecule has 1 heterocycles. The summed E-state index contributed by atoms with van der Waals surface area (Å²) >= 11 is 0. The van der Waals surface area contributed by atoms with Gasteiger partial charge in [0.05, 0.1) is 26.9 Å². The van der Waals surface area contributed by atoms with Gasteiger partial charge < -0.3 is 9.47 Å². The van der Waals surface area contributed by atoms with E-state index in [9.17, 15) is 4.79 Å². The number of amides is 1. The number of hydrazone groups is 1. The first-order valence-corrected chi connectivity index (χ1v) is 6.65. The van der Waals surface area contributed by atoms with E-state index in [1.54, 1.807) is 57.1 Å². The molecule has 0 fully saturated rings. The molecule has 1 aromatic heterocycles. The van der Waals surface area contributed by atoms with E-state index < -0.39 is 0 Å². The van der Waals surface area contributed by atoms with Crippen LogP contribution in [0.1, 0.15) is 11.1 Å². The number of methoxy groups -OCH3 is 2. The molecule has 0 saturated heterocycles. The number of nitrogens with zero attached hydrogens (tertiary/aromatic N) is 2. The lowest BCUT2D eigenvalue weighted by molar-refractivity contribution is -0.120. The first kappa shape index (κ1) is 15.5. The number of carbonyl (C=O) groups is 1. The smallest absolute Gasteiger partial charge is 0.244 e. The number of hydrogen-bond acceptors (Lipinski definition) is 5. The number of pyridine rings is 1. The summed E-state index contributed by atoms with van der Waals surface area (Å²) in [6.45, 7) is 0. The Morgan fingerprint density at radius 1 is 1.18 bits per heavy atom. The van der Waals surface area contributed by atoms with Gasteiger partial charge in [-0.25, -0.2) is 5.43 Å². The van der Waals surface area contributed by atoms with Crippen molar-refractivity contribution in [3.05, 3.63) is 53.9 Å². The molecule has 1 aromatic carbocycles. The van der Waals surface area contributed by atoms with Gasteiger partial charge in [0.1, 0.15) is 0 Å². The predicted molar refractivity (Wildman–Crippen MR) is 83.2 cm³/mol. The van der Waals surface area contributed by atoms with Gasteiger partial charge in [0.2, 0.25) is 5.91 Å². The molecular weight excluding hydrogens is 282 g/mol. The first-order chi connectivity index (χ1) is 10.7. The van der Waals surface area contributed by atoms with Crippen molar-refractivity contribution in [3.8, 4) is 11.5 Å². The topological polar surface area (TPSA) is 72.8 Å². The van der Waals surface area contributed by atoms with E-state index in [1.807, 2.05) is 6.07 Å². The van der Waals surface area contributed by atoms with Crippen molar-refractivity contribution >= 4 is 12.1 Å². The van der Waals surface area contributed by atoms with Gasteiger partial charge in [0.15, 0.2) is 11.5 Å². The number of aromatic nitrogens is 1. The van der Waals surface area contributed by atoms with Gasteiger partial charge in [0, 0.05) is 12.4 Å². The van der Waals surface area contributed by atoms with Crippen LogP contribution in [0.4, 0.5) is 0 Å². The quantitative estimate of drug-likeness (QED) is 0.652. The SMILES string of the molecule is COc1ccc(CC(=O)NN=Cc2ccncc2)cc1OC. The number of benzene rings is 1.